The summed E-state index contributed by atoms with van der Waals surface area (Å²) in [7, 11) is 0. The third-order valence-corrected chi connectivity index (χ3v) is 5.26. The first-order chi connectivity index (χ1) is 13.1. The first kappa shape index (κ1) is 17.6. The molecule has 138 valence electrons. The molecule has 1 aliphatic heterocycles. The Morgan fingerprint density at radius 2 is 1.70 bits per heavy atom. The van der Waals surface area contributed by atoms with Crippen LogP contribution in [-0.4, -0.2) is 19.1 Å². The lowest BCUT2D eigenvalue weighted by Crippen LogP contribution is -2.28. The highest BCUT2D eigenvalue weighted by atomic mass is 79.9. The van der Waals surface area contributed by atoms with Crippen molar-refractivity contribution >= 4 is 50.0 Å². The van der Waals surface area contributed by atoms with Crippen molar-refractivity contribution < 1.29 is 9.21 Å². The summed E-state index contributed by atoms with van der Waals surface area (Å²) in [5.41, 5.74) is 1.46. The number of rotatable bonds is 3. The molecule has 1 aromatic heterocycles. The summed E-state index contributed by atoms with van der Waals surface area (Å²) in [5.74, 6) is 0. The van der Waals surface area contributed by atoms with E-state index in [1.54, 1.807) is 12.1 Å². The normalized spacial score (nSPS) is 13.7. The number of urea groups is 1. The van der Waals surface area contributed by atoms with Gasteiger partial charge < -0.3 is 14.6 Å². The van der Waals surface area contributed by atoms with Crippen LogP contribution in [0.4, 0.5) is 21.9 Å². The second-order valence-electron chi connectivity index (χ2n) is 6.36. The van der Waals surface area contributed by atoms with Gasteiger partial charge in [-0.2, -0.15) is 0 Å². The van der Waals surface area contributed by atoms with Crippen LogP contribution >= 0.6 is 15.9 Å². The number of anilines is 3. The highest BCUT2D eigenvalue weighted by molar-refractivity contribution is 9.10. The fraction of sp³-hybridized carbons (Fsp3) is 0.200. The van der Waals surface area contributed by atoms with Crippen molar-refractivity contribution in [2.45, 2.75) is 12.8 Å². The number of nitrogens with one attached hydrogen (secondary N) is 2. The molecule has 0 radical (unpaired) electrons. The van der Waals surface area contributed by atoms with E-state index in [1.165, 1.54) is 0 Å². The highest BCUT2D eigenvalue weighted by Crippen LogP contribution is 2.34. The Balaban J connectivity index is 1.73. The molecule has 0 atom stereocenters. The lowest BCUT2D eigenvalue weighted by atomic mass is 10.1. The molecule has 0 spiro atoms. The zero-order valence-electron chi connectivity index (χ0n) is 14.5. The first-order valence-electron chi connectivity index (χ1n) is 8.77. The number of benzene rings is 2. The number of carbonyl (C=O) groups excluding carboxylic acids is 1. The first-order valence-corrected chi connectivity index (χ1v) is 9.56. The molecule has 0 unspecified atom stereocenters. The molecule has 2 aromatic carbocycles. The van der Waals surface area contributed by atoms with Crippen molar-refractivity contribution in [3.63, 3.8) is 0 Å². The molecule has 1 aliphatic rings. The highest BCUT2D eigenvalue weighted by Gasteiger charge is 2.24. The molecule has 2 heterocycles. The van der Waals surface area contributed by atoms with Gasteiger partial charge >= 0.3 is 11.7 Å². The molecular weight excluding hydrogens is 410 g/mol. The summed E-state index contributed by atoms with van der Waals surface area (Å²) in [5, 5.41) is 6.28. The Labute approximate surface area is 164 Å². The van der Waals surface area contributed by atoms with Gasteiger partial charge in [0.05, 0.1) is 11.4 Å². The Morgan fingerprint density at radius 1 is 1.00 bits per heavy atom. The molecule has 2 N–H and O–H groups in total. The third-order valence-electron chi connectivity index (χ3n) is 4.57. The van der Waals surface area contributed by atoms with E-state index in [0.29, 0.717) is 11.3 Å². The van der Waals surface area contributed by atoms with Crippen LogP contribution in [0.25, 0.3) is 11.0 Å². The van der Waals surface area contributed by atoms with Crippen LogP contribution in [0.15, 0.2) is 62.2 Å². The standard InChI is InChI=1S/C20H18BrN3O3/c21-14-8-2-3-9-15(14)22-20(26)23-17-18(24-11-5-6-12-24)13-7-1-4-10-16(13)27-19(17)25/h1-4,7-10H,5-6,11-12H2,(H2,22,23,26). The van der Waals surface area contributed by atoms with Crippen molar-refractivity contribution in [1.29, 1.82) is 0 Å². The zero-order valence-corrected chi connectivity index (χ0v) is 16.1. The molecule has 1 fully saturated rings. The van der Waals surface area contributed by atoms with Gasteiger partial charge in [-0.1, -0.05) is 24.3 Å². The number of halogens is 1. The van der Waals surface area contributed by atoms with Gasteiger partial charge in [-0.15, -0.1) is 0 Å². The summed E-state index contributed by atoms with van der Waals surface area (Å²) in [6, 6.07) is 14.2. The van der Waals surface area contributed by atoms with Gasteiger partial charge in [0.15, 0.2) is 5.69 Å². The Morgan fingerprint density at radius 3 is 2.48 bits per heavy atom. The fourth-order valence-corrected chi connectivity index (χ4v) is 3.73. The quantitative estimate of drug-likeness (QED) is 0.588. The van der Waals surface area contributed by atoms with E-state index in [4.69, 9.17) is 4.42 Å². The van der Waals surface area contributed by atoms with E-state index < -0.39 is 11.7 Å². The van der Waals surface area contributed by atoms with E-state index in [0.717, 1.165) is 41.5 Å². The molecule has 27 heavy (non-hydrogen) atoms. The van der Waals surface area contributed by atoms with Crippen molar-refractivity contribution in [3.8, 4) is 0 Å². The summed E-state index contributed by atoms with van der Waals surface area (Å²) in [6.45, 7) is 1.68. The maximum absolute atomic E-state index is 12.6. The van der Waals surface area contributed by atoms with Gasteiger partial charge in [0.25, 0.3) is 0 Å². The molecule has 2 amide bonds. The molecule has 1 saturated heterocycles. The minimum Gasteiger partial charge on any atom is -0.421 e. The maximum atomic E-state index is 12.6. The smallest absolute Gasteiger partial charge is 0.362 e. The number of hydrogen-bond donors (Lipinski definition) is 2. The number of nitrogens with zero attached hydrogens (tertiary/aromatic N) is 1. The van der Waals surface area contributed by atoms with Crippen LogP contribution in [0.2, 0.25) is 0 Å². The summed E-state index contributed by atoms with van der Waals surface area (Å²) < 4.78 is 6.19. The second kappa shape index (κ2) is 7.44. The molecule has 0 aliphatic carbocycles. The number of carbonyl (C=O) groups is 1. The monoisotopic (exact) mass is 427 g/mol. The molecular formula is C20H18BrN3O3. The summed E-state index contributed by atoms with van der Waals surface area (Å²) >= 11 is 3.39. The van der Waals surface area contributed by atoms with Crippen molar-refractivity contribution in [3.05, 3.63) is 63.4 Å². The fourth-order valence-electron chi connectivity index (χ4n) is 3.34. The van der Waals surface area contributed by atoms with Gasteiger partial charge in [0.1, 0.15) is 5.58 Å². The van der Waals surface area contributed by atoms with Gasteiger partial charge in [0, 0.05) is 22.9 Å². The summed E-state index contributed by atoms with van der Waals surface area (Å²) in [4.78, 5) is 27.3. The number of para-hydroxylation sites is 2. The average Bonchev–Trinajstić information content (AvgIpc) is 3.18. The van der Waals surface area contributed by atoms with Crippen molar-refractivity contribution in [2.75, 3.05) is 28.6 Å². The van der Waals surface area contributed by atoms with E-state index >= 15 is 0 Å². The minimum absolute atomic E-state index is 0.167. The molecule has 4 rings (SSSR count). The lowest BCUT2D eigenvalue weighted by molar-refractivity contribution is 0.262. The lowest BCUT2D eigenvalue weighted by Gasteiger charge is -2.22. The maximum Gasteiger partial charge on any atom is 0.362 e. The van der Waals surface area contributed by atoms with E-state index in [2.05, 4.69) is 31.5 Å². The number of fused-ring (bicyclic) bond motifs is 1. The van der Waals surface area contributed by atoms with Crippen molar-refractivity contribution in [1.82, 2.24) is 0 Å². The van der Waals surface area contributed by atoms with Gasteiger partial charge in [-0.25, -0.2) is 9.59 Å². The third kappa shape index (κ3) is 3.55. The van der Waals surface area contributed by atoms with E-state index in [-0.39, 0.29) is 5.69 Å². The average molecular weight is 428 g/mol. The van der Waals surface area contributed by atoms with Crippen LogP contribution in [0.5, 0.6) is 0 Å². The van der Waals surface area contributed by atoms with E-state index in [1.807, 2.05) is 36.4 Å². The molecule has 6 nitrogen and oxygen atoms in total. The molecule has 0 saturated carbocycles. The Bertz CT molecular complexity index is 1060. The van der Waals surface area contributed by atoms with Crippen molar-refractivity contribution in [2.24, 2.45) is 0 Å². The SMILES string of the molecule is O=C(Nc1ccccc1Br)Nc1c(N2CCCC2)c2ccccc2oc1=O. The van der Waals surface area contributed by atoms with Crippen LogP contribution < -0.4 is 21.2 Å². The van der Waals surface area contributed by atoms with Crippen LogP contribution in [0.3, 0.4) is 0 Å². The van der Waals surface area contributed by atoms with Gasteiger partial charge in [-0.3, -0.25) is 5.32 Å². The predicted octanol–water partition coefficient (Wildman–Crippen LogP) is 4.80. The van der Waals surface area contributed by atoms with Crippen LogP contribution in [-0.2, 0) is 0 Å². The molecule has 3 aromatic rings. The zero-order chi connectivity index (χ0) is 18.8. The number of hydrogen-bond acceptors (Lipinski definition) is 4. The van der Waals surface area contributed by atoms with Crippen LogP contribution in [0, 0.1) is 0 Å². The minimum atomic E-state index is -0.558. The molecule has 7 heteroatoms. The predicted molar refractivity (Wildman–Crippen MR) is 111 cm³/mol. The summed E-state index contributed by atoms with van der Waals surface area (Å²) in [6.07, 6.45) is 2.11. The van der Waals surface area contributed by atoms with Crippen LogP contribution in [0.1, 0.15) is 12.8 Å². The molecule has 0 bridgehead atoms. The largest absolute Gasteiger partial charge is 0.421 e. The van der Waals surface area contributed by atoms with E-state index in [9.17, 15) is 9.59 Å². The second-order valence-corrected chi connectivity index (χ2v) is 7.22. The number of amides is 2. The Kier molecular flexibility index (Phi) is 4.85. The van der Waals surface area contributed by atoms with Gasteiger partial charge in [-0.05, 0) is 53.0 Å². The van der Waals surface area contributed by atoms with Gasteiger partial charge in [0.2, 0.25) is 0 Å². The Hall–Kier alpha value is -2.80. The topological polar surface area (TPSA) is 74.6 Å².